The molecule has 1 fully saturated rings. The molecule has 3 amide bonds. The highest BCUT2D eigenvalue weighted by molar-refractivity contribution is 5.97. The first-order valence-electron chi connectivity index (χ1n) is 8.00. The summed E-state index contributed by atoms with van der Waals surface area (Å²) in [7, 11) is 1.16. The van der Waals surface area contributed by atoms with Crippen LogP contribution in [0.2, 0.25) is 0 Å². The zero-order chi connectivity index (χ0) is 19.7. The minimum absolute atomic E-state index is 0.0828. The maximum atomic E-state index is 13.8. The lowest BCUT2D eigenvalue weighted by Crippen LogP contribution is -2.61. The van der Waals surface area contributed by atoms with Gasteiger partial charge in [-0.05, 0) is 24.6 Å². The normalized spacial score (nSPS) is 22.3. The van der Waals surface area contributed by atoms with E-state index in [4.69, 9.17) is 4.74 Å². The Morgan fingerprint density at radius 1 is 1.26 bits per heavy atom. The summed E-state index contributed by atoms with van der Waals surface area (Å²) >= 11 is 0. The van der Waals surface area contributed by atoms with E-state index in [1.54, 1.807) is 6.92 Å². The van der Waals surface area contributed by atoms with Crippen molar-refractivity contribution < 1.29 is 27.9 Å². The molecule has 2 aromatic rings. The van der Waals surface area contributed by atoms with Crippen molar-refractivity contribution in [1.29, 1.82) is 0 Å². The van der Waals surface area contributed by atoms with Crippen LogP contribution in [-0.4, -0.2) is 45.6 Å². The van der Waals surface area contributed by atoms with Gasteiger partial charge < -0.3 is 10.1 Å². The minimum atomic E-state index is -1.20. The molecule has 1 aliphatic heterocycles. The molecule has 1 aliphatic rings. The van der Waals surface area contributed by atoms with Gasteiger partial charge in [-0.1, -0.05) is 6.07 Å². The number of halogens is 2. The van der Waals surface area contributed by atoms with E-state index >= 15 is 0 Å². The van der Waals surface area contributed by atoms with E-state index in [1.165, 1.54) is 24.8 Å². The maximum absolute atomic E-state index is 13.8. The van der Waals surface area contributed by atoms with E-state index < -0.39 is 47.7 Å². The van der Waals surface area contributed by atoms with E-state index in [2.05, 4.69) is 10.3 Å². The van der Waals surface area contributed by atoms with Gasteiger partial charge in [0.05, 0.1) is 13.2 Å². The highest BCUT2D eigenvalue weighted by Gasteiger charge is 2.48. The fraction of sp³-hybridized carbons (Fsp3) is 0.294. The van der Waals surface area contributed by atoms with Crippen LogP contribution in [0.4, 0.5) is 18.4 Å². The van der Waals surface area contributed by atoms with Gasteiger partial charge in [-0.2, -0.15) is 0 Å². The summed E-state index contributed by atoms with van der Waals surface area (Å²) in [6, 6.07) is -0.554. The Balaban J connectivity index is 2.15. The number of amides is 3. The summed E-state index contributed by atoms with van der Waals surface area (Å²) in [6.45, 7) is 1.56. The van der Waals surface area contributed by atoms with Crippen molar-refractivity contribution in [2.75, 3.05) is 7.11 Å². The number of hydrogen-bond donors (Lipinski definition) is 1. The van der Waals surface area contributed by atoms with Crippen LogP contribution in [0.1, 0.15) is 18.5 Å². The number of benzene rings is 1. The molecule has 2 unspecified atom stereocenters. The fourth-order valence-corrected chi connectivity index (χ4v) is 3.14. The number of rotatable bonds is 2. The molecule has 1 aromatic heterocycles. The highest BCUT2D eigenvalue weighted by Crippen LogP contribution is 2.36. The van der Waals surface area contributed by atoms with Crippen molar-refractivity contribution in [1.82, 2.24) is 19.8 Å². The maximum Gasteiger partial charge on any atom is 0.338 e. The van der Waals surface area contributed by atoms with Gasteiger partial charge in [0.25, 0.3) is 0 Å². The number of carbonyl (C=O) groups excluding carboxylic acids is 3. The standard InChI is InChI=1S/C17H16F2N4O4/c1-9-13(15(24)27-2)14(10-3-4-11(18)12(19)7-10)23(16(25)21-9)17(26)22-6-5-20-8-22/h3-9,13-14H,1-2H3,(H,21,25)/t9?,13?,14-/m0/s1. The number of aromatic nitrogens is 2. The molecule has 0 saturated carbocycles. The Hall–Kier alpha value is -3.30. The van der Waals surface area contributed by atoms with E-state index in [0.717, 1.165) is 28.7 Å². The van der Waals surface area contributed by atoms with E-state index in [0.29, 0.717) is 0 Å². The number of esters is 1. The summed E-state index contributed by atoms with van der Waals surface area (Å²) in [5.74, 6) is -4.00. The molecule has 142 valence electrons. The van der Waals surface area contributed by atoms with Crippen molar-refractivity contribution in [3.63, 3.8) is 0 Å². The molecule has 3 rings (SSSR count). The molecule has 0 bridgehead atoms. The van der Waals surface area contributed by atoms with Crippen LogP contribution in [0.3, 0.4) is 0 Å². The Labute approximate surface area is 152 Å². The molecule has 0 radical (unpaired) electrons. The monoisotopic (exact) mass is 378 g/mol. The number of methoxy groups -OCH3 is 1. The van der Waals surface area contributed by atoms with Crippen LogP contribution in [0.25, 0.3) is 0 Å². The van der Waals surface area contributed by atoms with Crippen LogP contribution in [-0.2, 0) is 9.53 Å². The lowest BCUT2D eigenvalue weighted by Gasteiger charge is -2.42. The molecule has 3 atom stereocenters. The van der Waals surface area contributed by atoms with Gasteiger partial charge >= 0.3 is 18.0 Å². The third kappa shape index (κ3) is 3.25. The molecule has 0 aliphatic carbocycles. The van der Waals surface area contributed by atoms with Gasteiger partial charge in [0.1, 0.15) is 12.2 Å². The first-order chi connectivity index (χ1) is 12.8. The first-order valence-corrected chi connectivity index (χ1v) is 8.00. The lowest BCUT2D eigenvalue weighted by atomic mass is 9.84. The Bertz CT molecular complexity index is 887. The molecule has 8 nitrogen and oxygen atoms in total. The molecule has 10 heteroatoms. The number of imide groups is 1. The number of nitrogens with zero attached hydrogens (tertiary/aromatic N) is 3. The molecule has 27 heavy (non-hydrogen) atoms. The Morgan fingerprint density at radius 2 is 2.00 bits per heavy atom. The number of urea groups is 1. The summed E-state index contributed by atoms with van der Waals surface area (Å²) in [4.78, 5) is 42.3. The van der Waals surface area contributed by atoms with Gasteiger partial charge in [-0.15, -0.1) is 0 Å². The van der Waals surface area contributed by atoms with Crippen molar-refractivity contribution in [2.24, 2.45) is 5.92 Å². The second-order valence-electron chi connectivity index (χ2n) is 6.03. The van der Waals surface area contributed by atoms with E-state index in [-0.39, 0.29) is 5.56 Å². The summed E-state index contributed by atoms with van der Waals surface area (Å²) in [5, 5.41) is 2.53. The van der Waals surface area contributed by atoms with Gasteiger partial charge in [0.2, 0.25) is 0 Å². The second-order valence-corrected chi connectivity index (χ2v) is 6.03. The predicted molar refractivity (Wildman–Crippen MR) is 87.5 cm³/mol. The molecule has 0 spiro atoms. The third-order valence-electron chi connectivity index (χ3n) is 4.42. The SMILES string of the molecule is COC(=O)C1C(C)NC(=O)N(C(=O)n2ccnc2)[C@H]1c1ccc(F)c(F)c1. The highest BCUT2D eigenvalue weighted by atomic mass is 19.2. The van der Waals surface area contributed by atoms with Crippen molar-refractivity contribution in [3.8, 4) is 0 Å². The van der Waals surface area contributed by atoms with Gasteiger partial charge in [0, 0.05) is 18.4 Å². The average molecular weight is 378 g/mol. The van der Waals surface area contributed by atoms with Crippen molar-refractivity contribution >= 4 is 18.0 Å². The molecular formula is C17H16F2N4O4. The van der Waals surface area contributed by atoms with E-state index in [1.807, 2.05) is 0 Å². The third-order valence-corrected chi connectivity index (χ3v) is 4.42. The predicted octanol–water partition coefficient (Wildman–Crippen LogP) is 2.07. The van der Waals surface area contributed by atoms with Gasteiger partial charge in [-0.25, -0.2) is 28.3 Å². The Morgan fingerprint density at radius 3 is 2.59 bits per heavy atom. The lowest BCUT2D eigenvalue weighted by molar-refractivity contribution is -0.149. The summed E-state index contributed by atoms with van der Waals surface area (Å²) in [6.07, 6.45) is 3.85. The summed E-state index contributed by atoms with van der Waals surface area (Å²) < 4.78 is 33.1. The van der Waals surface area contributed by atoms with Crippen LogP contribution in [0.15, 0.2) is 36.9 Å². The molecule has 1 N–H and O–H groups in total. The number of imidazole rings is 1. The topological polar surface area (TPSA) is 93.5 Å². The van der Waals surface area contributed by atoms with Crippen LogP contribution < -0.4 is 5.32 Å². The van der Waals surface area contributed by atoms with Crippen LogP contribution >= 0.6 is 0 Å². The number of carbonyl (C=O) groups is 3. The number of hydrogen-bond acceptors (Lipinski definition) is 5. The number of ether oxygens (including phenoxy) is 1. The van der Waals surface area contributed by atoms with Crippen molar-refractivity contribution in [2.45, 2.75) is 19.0 Å². The minimum Gasteiger partial charge on any atom is -0.469 e. The zero-order valence-electron chi connectivity index (χ0n) is 14.4. The van der Waals surface area contributed by atoms with Crippen LogP contribution in [0, 0.1) is 17.6 Å². The van der Waals surface area contributed by atoms with Crippen molar-refractivity contribution in [3.05, 3.63) is 54.1 Å². The largest absolute Gasteiger partial charge is 0.469 e. The van der Waals surface area contributed by atoms with Gasteiger partial charge in [-0.3, -0.25) is 9.36 Å². The molecule has 1 aromatic carbocycles. The first kappa shape index (κ1) is 18.5. The van der Waals surface area contributed by atoms with Crippen LogP contribution in [0.5, 0.6) is 0 Å². The smallest absolute Gasteiger partial charge is 0.338 e. The fourth-order valence-electron chi connectivity index (χ4n) is 3.14. The zero-order valence-corrected chi connectivity index (χ0v) is 14.4. The van der Waals surface area contributed by atoms with E-state index in [9.17, 15) is 23.2 Å². The summed E-state index contributed by atoms with van der Waals surface area (Å²) in [5.41, 5.74) is 0.0828. The second kappa shape index (κ2) is 7.14. The average Bonchev–Trinajstić information content (AvgIpc) is 3.17. The Kier molecular flexibility index (Phi) is 4.89. The molecular weight excluding hydrogens is 362 g/mol. The number of nitrogens with one attached hydrogen (secondary N) is 1. The molecule has 1 saturated heterocycles. The quantitative estimate of drug-likeness (QED) is 0.808. The molecule has 2 heterocycles. The van der Waals surface area contributed by atoms with Gasteiger partial charge in [0.15, 0.2) is 11.6 Å².